The predicted octanol–water partition coefficient (Wildman–Crippen LogP) is 0.874. The zero-order chi connectivity index (χ0) is 18.0. The number of benzene rings is 1. The van der Waals surface area contributed by atoms with Crippen molar-refractivity contribution < 1.29 is 28.6 Å². The SMILES string of the molecule is CC1(C)Cc2cccc(OCC(=O)OCC(=O)N3CCNC3=O)c2O1. The van der Waals surface area contributed by atoms with E-state index in [1.54, 1.807) is 6.07 Å². The molecule has 2 aliphatic rings. The number of rotatable bonds is 5. The average molecular weight is 348 g/mol. The van der Waals surface area contributed by atoms with Crippen molar-refractivity contribution in [3.05, 3.63) is 23.8 Å². The molecule has 0 saturated carbocycles. The first-order valence-corrected chi connectivity index (χ1v) is 8.03. The molecule has 0 aromatic heterocycles. The highest BCUT2D eigenvalue weighted by molar-refractivity contribution is 5.96. The molecule has 3 rings (SSSR count). The van der Waals surface area contributed by atoms with Gasteiger partial charge in [-0.25, -0.2) is 9.59 Å². The summed E-state index contributed by atoms with van der Waals surface area (Å²) in [5, 5.41) is 2.50. The molecule has 1 aromatic rings. The van der Waals surface area contributed by atoms with Crippen LogP contribution in [0.5, 0.6) is 11.5 Å². The van der Waals surface area contributed by atoms with E-state index >= 15 is 0 Å². The Kier molecular flexibility index (Phi) is 4.52. The first kappa shape index (κ1) is 17.1. The molecule has 1 N–H and O–H groups in total. The highest BCUT2D eigenvalue weighted by Crippen LogP contribution is 2.41. The second kappa shape index (κ2) is 6.62. The van der Waals surface area contributed by atoms with Gasteiger partial charge in [0.05, 0.1) is 0 Å². The van der Waals surface area contributed by atoms with E-state index < -0.39 is 24.5 Å². The Balaban J connectivity index is 1.50. The van der Waals surface area contributed by atoms with Crippen molar-refractivity contribution in [3.63, 3.8) is 0 Å². The number of carbonyl (C=O) groups excluding carboxylic acids is 3. The summed E-state index contributed by atoms with van der Waals surface area (Å²) in [6, 6.07) is 5.03. The van der Waals surface area contributed by atoms with Gasteiger partial charge in [-0.3, -0.25) is 9.69 Å². The number of ether oxygens (including phenoxy) is 3. The van der Waals surface area contributed by atoms with Gasteiger partial charge in [0, 0.05) is 25.1 Å². The zero-order valence-electron chi connectivity index (χ0n) is 14.2. The maximum absolute atomic E-state index is 11.8. The molecule has 1 fully saturated rings. The van der Waals surface area contributed by atoms with E-state index in [9.17, 15) is 14.4 Å². The van der Waals surface area contributed by atoms with Gasteiger partial charge in [0.2, 0.25) is 0 Å². The van der Waals surface area contributed by atoms with Gasteiger partial charge in [-0.1, -0.05) is 12.1 Å². The third-order valence-electron chi connectivity index (χ3n) is 3.91. The Morgan fingerprint density at radius 2 is 2.12 bits per heavy atom. The summed E-state index contributed by atoms with van der Waals surface area (Å²) in [6.07, 6.45) is 0.760. The number of imide groups is 1. The number of fused-ring (bicyclic) bond motifs is 1. The van der Waals surface area contributed by atoms with Gasteiger partial charge in [-0.2, -0.15) is 0 Å². The molecule has 1 aromatic carbocycles. The Labute approximate surface area is 145 Å². The lowest BCUT2D eigenvalue weighted by atomic mass is 10.0. The molecule has 0 unspecified atom stereocenters. The van der Waals surface area contributed by atoms with Crippen LogP contribution < -0.4 is 14.8 Å². The Bertz CT molecular complexity index is 715. The fourth-order valence-electron chi connectivity index (χ4n) is 2.81. The van der Waals surface area contributed by atoms with Crippen molar-refractivity contribution >= 4 is 17.9 Å². The quantitative estimate of drug-likeness (QED) is 0.794. The summed E-state index contributed by atoms with van der Waals surface area (Å²) >= 11 is 0. The number of para-hydroxylation sites is 1. The van der Waals surface area contributed by atoms with Gasteiger partial charge in [-0.15, -0.1) is 0 Å². The number of esters is 1. The first-order chi connectivity index (χ1) is 11.9. The van der Waals surface area contributed by atoms with E-state index in [2.05, 4.69) is 5.32 Å². The van der Waals surface area contributed by atoms with Crippen molar-refractivity contribution in [2.24, 2.45) is 0 Å². The Hall–Kier alpha value is -2.77. The van der Waals surface area contributed by atoms with E-state index in [-0.39, 0.29) is 18.8 Å². The molecule has 3 amide bonds. The minimum absolute atomic E-state index is 0.273. The minimum Gasteiger partial charge on any atom is -0.483 e. The van der Waals surface area contributed by atoms with Crippen LogP contribution in [0.1, 0.15) is 19.4 Å². The number of nitrogens with zero attached hydrogens (tertiary/aromatic N) is 1. The largest absolute Gasteiger partial charge is 0.483 e. The lowest BCUT2D eigenvalue weighted by molar-refractivity contribution is -0.152. The standard InChI is InChI=1S/C17H20N2O6/c1-17(2)8-11-4-3-5-12(15(11)25-17)23-10-14(21)24-9-13(20)19-7-6-18-16(19)22/h3-5H,6-10H2,1-2H3,(H,18,22). The zero-order valence-corrected chi connectivity index (χ0v) is 14.2. The molecule has 8 heteroatoms. The molecule has 0 aliphatic carbocycles. The first-order valence-electron chi connectivity index (χ1n) is 8.03. The van der Waals surface area contributed by atoms with Gasteiger partial charge < -0.3 is 19.5 Å². The number of amides is 3. The number of urea groups is 1. The molecule has 0 radical (unpaired) electrons. The monoisotopic (exact) mass is 348 g/mol. The van der Waals surface area contributed by atoms with Crippen LogP contribution in [0.4, 0.5) is 4.79 Å². The molecule has 1 saturated heterocycles. The molecule has 134 valence electrons. The van der Waals surface area contributed by atoms with E-state index in [0.717, 1.165) is 16.9 Å². The van der Waals surface area contributed by atoms with Gasteiger partial charge in [0.1, 0.15) is 5.60 Å². The Morgan fingerprint density at radius 3 is 2.84 bits per heavy atom. The van der Waals surface area contributed by atoms with Gasteiger partial charge in [-0.05, 0) is 19.9 Å². The summed E-state index contributed by atoms with van der Waals surface area (Å²) in [6.45, 7) is 3.79. The van der Waals surface area contributed by atoms with Crippen molar-refractivity contribution in [2.45, 2.75) is 25.9 Å². The molecule has 0 spiro atoms. The second-order valence-corrected chi connectivity index (χ2v) is 6.51. The highest BCUT2D eigenvalue weighted by atomic mass is 16.6. The van der Waals surface area contributed by atoms with E-state index in [0.29, 0.717) is 18.0 Å². The van der Waals surface area contributed by atoms with E-state index in [1.165, 1.54) is 0 Å². The average Bonchev–Trinajstić information content (AvgIpc) is 3.11. The third-order valence-corrected chi connectivity index (χ3v) is 3.91. The third kappa shape index (κ3) is 3.84. The summed E-state index contributed by atoms with van der Waals surface area (Å²) in [7, 11) is 0. The molecule has 0 atom stereocenters. The summed E-state index contributed by atoms with van der Waals surface area (Å²) in [5.74, 6) is -0.160. The van der Waals surface area contributed by atoms with Crippen molar-refractivity contribution in [1.29, 1.82) is 0 Å². The smallest absolute Gasteiger partial charge is 0.344 e. The molecular weight excluding hydrogens is 328 g/mol. The van der Waals surface area contributed by atoms with Crippen molar-refractivity contribution in [3.8, 4) is 11.5 Å². The van der Waals surface area contributed by atoms with Crippen LogP contribution in [-0.4, -0.2) is 54.7 Å². The van der Waals surface area contributed by atoms with Crippen LogP contribution in [0.2, 0.25) is 0 Å². The highest BCUT2D eigenvalue weighted by Gasteiger charge is 2.32. The molecule has 2 aliphatic heterocycles. The van der Waals surface area contributed by atoms with Crippen LogP contribution in [0.25, 0.3) is 0 Å². The second-order valence-electron chi connectivity index (χ2n) is 6.51. The topological polar surface area (TPSA) is 94.2 Å². The maximum Gasteiger partial charge on any atom is 0.344 e. The lowest BCUT2D eigenvalue weighted by Gasteiger charge is -2.18. The van der Waals surface area contributed by atoms with Crippen LogP contribution >= 0.6 is 0 Å². The van der Waals surface area contributed by atoms with Crippen molar-refractivity contribution in [2.75, 3.05) is 26.3 Å². The molecule has 0 bridgehead atoms. The molecule has 8 nitrogen and oxygen atoms in total. The van der Waals surface area contributed by atoms with E-state index in [4.69, 9.17) is 14.2 Å². The minimum atomic E-state index is -0.692. The fourth-order valence-corrected chi connectivity index (χ4v) is 2.81. The van der Waals surface area contributed by atoms with Crippen LogP contribution in [0.15, 0.2) is 18.2 Å². The lowest BCUT2D eigenvalue weighted by Crippen LogP contribution is -2.37. The van der Waals surface area contributed by atoms with Crippen LogP contribution in [-0.2, 0) is 20.7 Å². The van der Waals surface area contributed by atoms with Gasteiger partial charge in [0.25, 0.3) is 5.91 Å². The number of nitrogens with one attached hydrogen (secondary N) is 1. The summed E-state index contributed by atoms with van der Waals surface area (Å²) in [4.78, 5) is 35.9. The predicted molar refractivity (Wildman–Crippen MR) is 86.4 cm³/mol. The fraction of sp³-hybridized carbons (Fsp3) is 0.471. The van der Waals surface area contributed by atoms with Crippen LogP contribution in [0.3, 0.4) is 0 Å². The number of hydrogen-bond donors (Lipinski definition) is 1. The summed E-state index contributed by atoms with van der Waals surface area (Å²) < 4.78 is 16.2. The Morgan fingerprint density at radius 1 is 1.32 bits per heavy atom. The maximum atomic E-state index is 11.8. The van der Waals surface area contributed by atoms with Gasteiger partial charge >= 0.3 is 12.0 Å². The molecule has 25 heavy (non-hydrogen) atoms. The normalized spacial score (nSPS) is 17.5. The van der Waals surface area contributed by atoms with E-state index in [1.807, 2.05) is 26.0 Å². The van der Waals surface area contributed by atoms with Crippen LogP contribution in [0, 0.1) is 0 Å². The summed E-state index contributed by atoms with van der Waals surface area (Å²) in [5.41, 5.74) is 0.705. The van der Waals surface area contributed by atoms with Crippen molar-refractivity contribution in [1.82, 2.24) is 10.2 Å². The molecular formula is C17H20N2O6. The number of hydrogen-bond acceptors (Lipinski definition) is 6. The molecule has 2 heterocycles. The number of carbonyl (C=O) groups is 3. The van der Waals surface area contributed by atoms with Gasteiger partial charge in [0.15, 0.2) is 24.7 Å².